The Hall–Kier alpha value is -1.59. The Labute approximate surface area is 127 Å². The van der Waals surface area contributed by atoms with Gasteiger partial charge in [0, 0.05) is 18.3 Å². The third-order valence-electron chi connectivity index (χ3n) is 4.23. The quantitative estimate of drug-likeness (QED) is 0.799. The minimum absolute atomic E-state index is 0.108. The van der Waals surface area contributed by atoms with E-state index in [0.29, 0.717) is 12.8 Å². The number of aliphatic hydroxyl groups is 1. The molecule has 2 atom stereocenters. The van der Waals surface area contributed by atoms with Gasteiger partial charge in [-0.3, -0.25) is 4.79 Å². The Morgan fingerprint density at radius 3 is 2.38 bits per heavy atom. The maximum Gasteiger partial charge on any atom is 0.136 e. The van der Waals surface area contributed by atoms with Crippen LogP contribution in [0.2, 0.25) is 0 Å². The topological polar surface area (TPSA) is 37.3 Å². The third-order valence-corrected chi connectivity index (χ3v) is 4.23. The zero-order valence-electron chi connectivity index (χ0n) is 13.4. The summed E-state index contributed by atoms with van der Waals surface area (Å²) in [5.41, 5.74) is -1.15. The number of rotatable bonds is 1. The number of Topliss-reactive ketones (excluding diaryl/α,β-unsaturated/α-hetero) is 1. The van der Waals surface area contributed by atoms with Crippen molar-refractivity contribution in [2.45, 2.75) is 52.6 Å². The van der Waals surface area contributed by atoms with Gasteiger partial charge in [-0.05, 0) is 39.7 Å². The fourth-order valence-electron chi connectivity index (χ4n) is 2.79. The van der Waals surface area contributed by atoms with Crippen molar-refractivity contribution >= 4 is 5.78 Å². The summed E-state index contributed by atoms with van der Waals surface area (Å²) in [6.07, 6.45) is 1.23. The van der Waals surface area contributed by atoms with Crippen LogP contribution >= 0.6 is 0 Å². The van der Waals surface area contributed by atoms with Gasteiger partial charge in [-0.2, -0.15) is 0 Å². The zero-order valence-corrected chi connectivity index (χ0v) is 13.4. The molecule has 1 aromatic carbocycles. The minimum Gasteiger partial charge on any atom is -0.383 e. The van der Waals surface area contributed by atoms with Crippen LogP contribution in [0.25, 0.3) is 0 Å². The molecule has 0 unspecified atom stereocenters. The van der Waals surface area contributed by atoms with Crippen molar-refractivity contribution in [3.05, 3.63) is 35.9 Å². The average Bonchev–Trinajstić information content (AvgIpc) is 2.42. The van der Waals surface area contributed by atoms with Crippen LogP contribution in [-0.4, -0.2) is 10.9 Å². The van der Waals surface area contributed by atoms with Gasteiger partial charge in [0.2, 0.25) is 0 Å². The van der Waals surface area contributed by atoms with Crippen molar-refractivity contribution < 1.29 is 9.90 Å². The monoisotopic (exact) mass is 284 g/mol. The lowest BCUT2D eigenvalue weighted by Gasteiger charge is -2.45. The van der Waals surface area contributed by atoms with E-state index in [4.69, 9.17) is 0 Å². The van der Waals surface area contributed by atoms with E-state index in [0.717, 1.165) is 5.56 Å². The Kier molecular flexibility index (Phi) is 4.00. The lowest BCUT2D eigenvalue weighted by atomic mass is 9.61. The Bertz CT molecular complexity index is 585. The van der Waals surface area contributed by atoms with Crippen LogP contribution < -0.4 is 0 Å². The molecule has 1 aliphatic carbocycles. The molecule has 1 aliphatic rings. The first-order valence-electron chi connectivity index (χ1n) is 7.50. The van der Waals surface area contributed by atoms with Gasteiger partial charge < -0.3 is 5.11 Å². The molecule has 0 bridgehead atoms. The maximum atomic E-state index is 11.9. The summed E-state index contributed by atoms with van der Waals surface area (Å²) in [4.78, 5) is 11.9. The first kappa shape index (κ1) is 15.8. The first-order valence-corrected chi connectivity index (χ1v) is 7.50. The Balaban J connectivity index is 2.51. The first-order chi connectivity index (χ1) is 9.66. The minimum atomic E-state index is -1.21. The summed E-state index contributed by atoms with van der Waals surface area (Å²) in [5.74, 6) is 6.65. The van der Waals surface area contributed by atoms with E-state index in [1.54, 1.807) is 0 Å². The van der Waals surface area contributed by atoms with E-state index < -0.39 is 11.0 Å². The van der Waals surface area contributed by atoms with Gasteiger partial charge in [0.05, 0.1) is 5.41 Å². The summed E-state index contributed by atoms with van der Waals surface area (Å²) in [6, 6.07) is 9.47. The number of hydrogen-bond donors (Lipinski definition) is 1. The second kappa shape index (κ2) is 5.31. The Morgan fingerprint density at radius 2 is 1.81 bits per heavy atom. The SMILES string of the molecule is CC(C)(C)C#C[C@@]1(C)CCC(=O)C[C@@]1(O)c1ccccc1. The molecule has 2 rings (SSSR count). The molecule has 0 aromatic heterocycles. The van der Waals surface area contributed by atoms with E-state index in [1.807, 2.05) is 37.3 Å². The largest absolute Gasteiger partial charge is 0.383 e. The smallest absolute Gasteiger partial charge is 0.136 e. The van der Waals surface area contributed by atoms with E-state index in [-0.39, 0.29) is 17.6 Å². The maximum absolute atomic E-state index is 11.9. The molecule has 112 valence electrons. The number of carbonyl (C=O) groups excluding carboxylic acids is 1. The molecule has 21 heavy (non-hydrogen) atoms. The van der Waals surface area contributed by atoms with E-state index in [9.17, 15) is 9.90 Å². The molecule has 2 heteroatoms. The van der Waals surface area contributed by atoms with Crippen molar-refractivity contribution in [3.8, 4) is 11.8 Å². The molecule has 0 saturated heterocycles. The fraction of sp³-hybridized carbons (Fsp3) is 0.526. The van der Waals surface area contributed by atoms with E-state index >= 15 is 0 Å². The number of ketones is 1. The molecule has 0 radical (unpaired) electrons. The molecule has 0 heterocycles. The standard InChI is InChI=1S/C19H24O2/c1-17(2,3)12-13-18(4)11-10-16(20)14-19(18,21)15-8-6-5-7-9-15/h5-9,21H,10-11,14H2,1-4H3/t18-,19-/m1/s1. The molecular formula is C19H24O2. The van der Waals surface area contributed by atoms with Gasteiger partial charge in [0.1, 0.15) is 11.4 Å². The summed E-state index contributed by atoms with van der Waals surface area (Å²) in [7, 11) is 0. The normalized spacial score (nSPS) is 29.7. The summed E-state index contributed by atoms with van der Waals surface area (Å²) in [6.45, 7) is 8.14. The van der Waals surface area contributed by atoms with Gasteiger partial charge in [-0.1, -0.05) is 42.2 Å². The summed E-state index contributed by atoms with van der Waals surface area (Å²) >= 11 is 0. The second-order valence-electron chi connectivity index (χ2n) is 7.27. The predicted molar refractivity (Wildman–Crippen MR) is 84.5 cm³/mol. The van der Waals surface area contributed by atoms with Crippen LogP contribution in [0.4, 0.5) is 0 Å². The molecule has 0 aliphatic heterocycles. The highest BCUT2D eigenvalue weighted by Crippen LogP contribution is 2.49. The van der Waals surface area contributed by atoms with Crippen LogP contribution in [0, 0.1) is 22.7 Å². The highest BCUT2D eigenvalue weighted by Gasteiger charge is 2.51. The highest BCUT2D eigenvalue weighted by atomic mass is 16.3. The highest BCUT2D eigenvalue weighted by molar-refractivity contribution is 5.81. The van der Waals surface area contributed by atoms with Crippen LogP contribution in [-0.2, 0) is 10.4 Å². The van der Waals surface area contributed by atoms with Crippen molar-refractivity contribution in [1.82, 2.24) is 0 Å². The van der Waals surface area contributed by atoms with Crippen LogP contribution in [0.3, 0.4) is 0 Å². The second-order valence-corrected chi connectivity index (χ2v) is 7.27. The van der Waals surface area contributed by atoms with Gasteiger partial charge in [0.25, 0.3) is 0 Å². The third kappa shape index (κ3) is 3.19. The van der Waals surface area contributed by atoms with Crippen molar-refractivity contribution in [2.75, 3.05) is 0 Å². The summed E-state index contributed by atoms with van der Waals surface area (Å²) in [5, 5.41) is 11.3. The van der Waals surface area contributed by atoms with Gasteiger partial charge in [-0.15, -0.1) is 0 Å². The van der Waals surface area contributed by atoms with Gasteiger partial charge >= 0.3 is 0 Å². The molecular weight excluding hydrogens is 260 g/mol. The van der Waals surface area contributed by atoms with Gasteiger partial charge in [0.15, 0.2) is 0 Å². The zero-order chi connectivity index (χ0) is 15.7. The lowest BCUT2D eigenvalue weighted by molar-refractivity contribution is -0.139. The molecule has 0 spiro atoms. The number of benzene rings is 1. The molecule has 1 aromatic rings. The van der Waals surface area contributed by atoms with E-state index in [2.05, 4.69) is 32.6 Å². The lowest BCUT2D eigenvalue weighted by Crippen LogP contribution is -2.48. The fourth-order valence-corrected chi connectivity index (χ4v) is 2.79. The van der Waals surface area contributed by atoms with Crippen LogP contribution in [0.5, 0.6) is 0 Å². The molecule has 1 N–H and O–H groups in total. The number of hydrogen-bond acceptors (Lipinski definition) is 2. The van der Waals surface area contributed by atoms with Crippen molar-refractivity contribution in [1.29, 1.82) is 0 Å². The van der Waals surface area contributed by atoms with E-state index in [1.165, 1.54) is 0 Å². The molecule has 1 saturated carbocycles. The Morgan fingerprint density at radius 1 is 1.19 bits per heavy atom. The van der Waals surface area contributed by atoms with Gasteiger partial charge in [-0.25, -0.2) is 0 Å². The molecule has 0 amide bonds. The van der Waals surface area contributed by atoms with Crippen LogP contribution in [0.1, 0.15) is 52.5 Å². The predicted octanol–water partition coefficient (Wildman–Crippen LogP) is 3.68. The van der Waals surface area contributed by atoms with Crippen molar-refractivity contribution in [3.63, 3.8) is 0 Å². The number of carbonyl (C=O) groups is 1. The van der Waals surface area contributed by atoms with Crippen LogP contribution in [0.15, 0.2) is 30.3 Å². The molecule has 1 fully saturated rings. The summed E-state index contributed by atoms with van der Waals surface area (Å²) < 4.78 is 0. The average molecular weight is 284 g/mol. The molecule has 2 nitrogen and oxygen atoms in total. The van der Waals surface area contributed by atoms with Crippen molar-refractivity contribution in [2.24, 2.45) is 10.8 Å².